The van der Waals surface area contributed by atoms with Crippen molar-refractivity contribution in [2.24, 2.45) is 0 Å². The van der Waals surface area contributed by atoms with Crippen LogP contribution in [0.5, 0.6) is 0 Å². The number of ether oxygens (including phenoxy) is 1. The molecule has 2 aliphatic rings. The maximum atomic E-state index is 12.7. The standard InChI is InChI=1S/C22H26ClN3O4/c1-15-20(22(28)26-10-12-29-13-11-26)24-21(30-15)16-6-8-25(9-7-16)19(27)14-17-4-2-3-5-18(17)23/h2-5,16H,6-14H2,1H3. The van der Waals surface area contributed by atoms with Gasteiger partial charge in [0.25, 0.3) is 5.91 Å². The van der Waals surface area contributed by atoms with E-state index in [0.29, 0.717) is 68.2 Å². The van der Waals surface area contributed by atoms with E-state index in [1.54, 1.807) is 17.9 Å². The van der Waals surface area contributed by atoms with E-state index in [1.807, 2.05) is 23.1 Å². The Hall–Kier alpha value is -2.38. The summed E-state index contributed by atoms with van der Waals surface area (Å²) in [5.41, 5.74) is 1.24. The summed E-state index contributed by atoms with van der Waals surface area (Å²) in [4.78, 5) is 33.6. The minimum atomic E-state index is -0.0989. The van der Waals surface area contributed by atoms with Gasteiger partial charge in [-0.05, 0) is 31.4 Å². The topological polar surface area (TPSA) is 75.9 Å². The quantitative estimate of drug-likeness (QED) is 0.743. The number of amides is 2. The lowest BCUT2D eigenvalue weighted by Gasteiger charge is -2.30. The van der Waals surface area contributed by atoms with Crippen LogP contribution in [0.1, 0.15) is 46.5 Å². The van der Waals surface area contributed by atoms with E-state index in [9.17, 15) is 9.59 Å². The third kappa shape index (κ3) is 4.52. The van der Waals surface area contributed by atoms with Crippen molar-refractivity contribution in [3.63, 3.8) is 0 Å². The zero-order chi connectivity index (χ0) is 21.1. The Morgan fingerprint density at radius 2 is 1.80 bits per heavy atom. The first-order valence-corrected chi connectivity index (χ1v) is 10.8. The molecule has 2 aromatic rings. The number of likely N-dealkylation sites (tertiary alicyclic amines) is 1. The molecule has 0 radical (unpaired) electrons. The molecule has 2 saturated heterocycles. The van der Waals surface area contributed by atoms with Crippen LogP contribution in [-0.2, 0) is 16.0 Å². The zero-order valence-corrected chi connectivity index (χ0v) is 17.9. The third-order valence-corrected chi connectivity index (χ3v) is 6.18. The molecule has 0 atom stereocenters. The SMILES string of the molecule is Cc1oc(C2CCN(C(=O)Cc3ccccc3Cl)CC2)nc1C(=O)N1CCOCC1. The highest BCUT2D eigenvalue weighted by Gasteiger charge is 2.30. The van der Waals surface area contributed by atoms with Gasteiger partial charge in [0.15, 0.2) is 11.6 Å². The van der Waals surface area contributed by atoms with Crippen molar-refractivity contribution in [1.29, 1.82) is 0 Å². The highest BCUT2D eigenvalue weighted by Crippen LogP contribution is 2.30. The van der Waals surface area contributed by atoms with Gasteiger partial charge in [0.2, 0.25) is 5.91 Å². The molecule has 8 heteroatoms. The molecule has 1 aromatic heterocycles. The second-order valence-corrected chi connectivity index (χ2v) is 8.19. The average molecular weight is 432 g/mol. The van der Waals surface area contributed by atoms with Crippen molar-refractivity contribution in [3.8, 4) is 0 Å². The predicted molar refractivity (Wildman–Crippen MR) is 112 cm³/mol. The van der Waals surface area contributed by atoms with Crippen molar-refractivity contribution >= 4 is 23.4 Å². The summed E-state index contributed by atoms with van der Waals surface area (Å²) in [5, 5.41) is 0.619. The normalized spacial score (nSPS) is 17.9. The van der Waals surface area contributed by atoms with Crippen LogP contribution in [0.25, 0.3) is 0 Å². The van der Waals surface area contributed by atoms with Crippen LogP contribution >= 0.6 is 11.6 Å². The van der Waals surface area contributed by atoms with Gasteiger partial charge >= 0.3 is 0 Å². The van der Waals surface area contributed by atoms with E-state index in [-0.39, 0.29) is 17.7 Å². The number of aryl methyl sites for hydroxylation is 1. The zero-order valence-electron chi connectivity index (χ0n) is 17.1. The highest BCUT2D eigenvalue weighted by molar-refractivity contribution is 6.31. The van der Waals surface area contributed by atoms with Crippen LogP contribution in [0, 0.1) is 6.92 Å². The molecule has 2 amide bonds. The molecule has 160 valence electrons. The molecule has 7 nitrogen and oxygen atoms in total. The van der Waals surface area contributed by atoms with E-state index < -0.39 is 0 Å². The van der Waals surface area contributed by atoms with Crippen molar-refractivity contribution < 1.29 is 18.7 Å². The molecule has 0 aliphatic carbocycles. The molecule has 0 bridgehead atoms. The largest absolute Gasteiger partial charge is 0.445 e. The fraction of sp³-hybridized carbons (Fsp3) is 0.500. The maximum Gasteiger partial charge on any atom is 0.276 e. The number of benzene rings is 1. The number of hydrogen-bond donors (Lipinski definition) is 0. The number of carbonyl (C=O) groups excluding carboxylic acids is 2. The van der Waals surface area contributed by atoms with Crippen molar-refractivity contribution in [3.05, 3.63) is 52.2 Å². The molecule has 2 aliphatic heterocycles. The first-order valence-electron chi connectivity index (χ1n) is 10.4. The van der Waals surface area contributed by atoms with Crippen molar-refractivity contribution in [1.82, 2.24) is 14.8 Å². The molecular formula is C22H26ClN3O4. The number of piperidine rings is 1. The fourth-order valence-corrected chi connectivity index (χ4v) is 4.20. The van der Waals surface area contributed by atoms with E-state index in [0.717, 1.165) is 18.4 Å². The van der Waals surface area contributed by atoms with E-state index in [2.05, 4.69) is 4.98 Å². The maximum absolute atomic E-state index is 12.7. The van der Waals surface area contributed by atoms with Crippen LogP contribution < -0.4 is 0 Å². The van der Waals surface area contributed by atoms with Crippen LogP contribution in [0.2, 0.25) is 5.02 Å². The number of hydrogen-bond acceptors (Lipinski definition) is 5. The van der Waals surface area contributed by atoms with Gasteiger partial charge in [-0.1, -0.05) is 29.8 Å². The van der Waals surface area contributed by atoms with Gasteiger partial charge in [-0.25, -0.2) is 4.98 Å². The summed E-state index contributed by atoms with van der Waals surface area (Å²) in [6.07, 6.45) is 1.83. The van der Waals surface area contributed by atoms with Crippen molar-refractivity contribution in [2.45, 2.75) is 32.1 Å². The lowest BCUT2D eigenvalue weighted by Crippen LogP contribution is -2.41. The second-order valence-electron chi connectivity index (χ2n) is 7.78. The van der Waals surface area contributed by atoms with Gasteiger partial charge in [-0.15, -0.1) is 0 Å². The Labute approximate surface area is 180 Å². The number of rotatable bonds is 4. The summed E-state index contributed by atoms with van der Waals surface area (Å²) in [6.45, 7) is 5.32. The van der Waals surface area contributed by atoms with Crippen molar-refractivity contribution in [2.75, 3.05) is 39.4 Å². The molecule has 2 fully saturated rings. The summed E-state index contributed by atoms with van der Waals surface area (Å²) < 4.78 is 11.2. The van der Waals surface area contributed by atoms with Gasteiger partial charge in [0, 0.05) is 37.1 Å². The predicted octanol–water partition coefficient (Wildman–Crippen LogP) is 3.06. The molecular weight excluding hydrogens is 406 g/mol. The molecule has 0 unspecified atom stereocenters. The summed E-state index contributed by atoms with van der Waals surface area (Å²) in [6, 6.07) is 7.44. The Morgan fingerprint density at radius 1 is 1.10 bits per heavy atom. The summed E-state index contributed by atoms with van der Waals surface area (Å²) >= 11 is 6.18. The molecule has 0 saturated carbocycles. The van der Waals surface area contributed by atoms with Crippen LogP contribution in [0.3, 0.4) is 0 Å². The number of morpholine rings is 1. The van der Waals surface area contributed by atoms with Crippen LogP contribution in [0.4, 0.5) is 0 Å². The van der Waals surface area contributed by atoms with Gasteiger partial charge in [-0.2, -0.15) is 0 Å². The van der Waals surface area contributed by atoms with Gasteiger partial charge in [0.05, 0.1) is 19.6 Å². The smallest absolute Gasteiger partial charge is 0.276 e. The average Bonchev–Trinajstić information content (AvgIpc) is 3.17. The minimum Gasteiger partial charge on any atom is -0.445 e. The Balaban J connectivity index is 1.35. The molecule has 3 heterocycles. The second kappa shape index (κ2) is 9.18. The van der Waals surface area contributed by atoms with E-state index in [4.69, 9.17) is 20.8 Å². The third-order valence-electron chi connectivity index (χ3n) is 5.81. The molecule has 30 heavy (non-hydrogen) atoms. The number of oxazole rings is 1. The lowest BCUT2D eigenvalue weighted by atomic mass is 9.96. The first kappa shape index (κ1) is 20.9. The van der Waals surface area contributed by atoms with Crippen LogP contribution in [-0.4, -0.2) is 66.0 Å². The van der Waals surface area contributed by atoms with E-state index in [1.165, 1.54) is 0 Å². The molecule has 4 rings (SSSR count). The van der Waals surface area contributed by atoms with Gasteiger partial charge in [-0.3, -0.25) is 9.59 Å². The first-order chi connectivity index (χ1) is 14.5. The molecule has 0 spiro atoms. The number of halogens is 1. The number of carbonyl (C=O) groups is 2. The number of aromatic nitrogens is 1. The Bertz CT molecular complexity index is 915. The minimum absolute atomic E-state index is 0.0771. The van der Waals surface area contributed by atoms with E-state index >= 15 is 0 Å². The summed E-state index contributed by atoms with van der Waals surface area (Å²) in [5.74, 6) is 1.24. The van der Waals surface area contributed by atoms with Crippen LogP contribution in [0.15, 0.2) is 28.7 Å². The summed E-state index contributed by atoms with van der Waals surface area (Å²) in [7, 11) is 0. The van der Waals surface area contributed by atoms with Gasteiger partial charge < -0.3 is 19.0 Å². The monoisotopic (exact) mass is 431 g/mol. The fourth-order valence-electron chi connectivity index (χ4n) is 4.00. The van der Waals surface area contributed by atoms with Gasteiger partial charge in [0.1, 0.15) is 5.76 Å². The Morgan fingerprint density at radius 3 is 2.50 bits per heavy atom. The lowest BCUT2D eigenvalue weighted by molar-refractivity contribution is -0.131. The Kier molecular flexibility index (Phi) is 6.39. The number of nitrogens with zero attached hydrogens (tertiary/aromatic N) is 3. The molecule has 0 N–H and O–H groups in total. The molecule has 1 aromatic carbocycles. The highest BCUT2D eigenvalue weighted by atomic mass is 35.5.